The molecular weight excluding hydrogens is 262 g/mol. The van der Waals surface area contributed by atoms with Gasteiger partial charge in [-0.3, -0.25) is 9.69 Å². The van der Waals surface area contributed by atoms with Crippen LogP contribution in [0.2, 0.25) is 0 Å². The lowest BCUT2D eigenvalue weighted by Gasteiger charge is -2.29. The van der Waals surface area contributed by atoms with Gasteiger partial charge in [-0.2, -0.15) is 0 Å². The molecule has 1 unspecified atom stereocenters. The summed E-state index contributed by atoms with van der Waals surface area (Å²) in [4.78, 5) is 14.1. The molecule has 0 heterocycles. The minimum Gasteiger partial charge on any atom is -0.496 e. The topological polar surface area (TPSA) is 29.5 Å². The zero-order chi connectivity index (χ0) is 15.8. The number of nitrogens with zero attached hydrogens (tertiary/aromatic N) is 1. The SMILES string of the molecule is CCCCN(Cc1cc(C(C)=O)ccc1OC)C(C)CC. The second-order valence-electron chi connectivity index (χ2n) is 5.66. The van der Waals surface area contributed by atoms with Crippen molar-refractivity contribution in [3.8, 4) is 5.75 Å². The highest BCUT2D eigenvalue weighted by atomic mass is 16.5. The zero-order valence-electron chi connectivity index (χ0n) is 14.1. The summed E-state index contributed by atoms with van der Waals surface area (Å²) in [7, 11) is 1.69. The van der Waals surface area contributed by atoms with E-state index in [1.165, 1.54) is 12.8 Å². The fourth-order valence-electron chi connectivity index (χ4n) is 2.41. The van der Waals surface area contributed by atoms with Crippen LogP contribution < -0.4 is 4.74 Å². The Labute approximate surface area is 129 Å². The summed E-state index contributed by atoms with van der Waals surface area (Å²) in [5, 5.41) is 0. The van der Waals surface area contributed by atoms with Crippen LogP contribution in [0.25, 0.3) is 0 Å². The van der Waals surface area contributed by atoms with Crippen molar-refractivity contribution in [2.45, 2.75) is 59.5 Å². The standard InChI is InChI=1S/C18H29NO2/c1-6-8-11-19(14(3)7-2)13-17-12-16(15(4)20)9-10-18(17)21-5/h9-10,12,14H,6-8,11,13H2,1-5H3. The van der Waals surface area contributed by atoms with Gasteiger partial charge in [-0.25, -0.2) is 0 Å². The van der Waals surface area contributed by atoms with E-state index in [4.69, 9.17) is 4.74 Å². The molecule has 0 fully saturated rings. The summed E-state index contributed by atoms with van der Waals surface area (Å²) < 4.78 is 5.46. The molecule has 0 amide bonds. The van der Waals surface area contributed by atoms with Gasteiger partial charge >= 0.3 is 0 Å². The molecule has 21 heavy (non-hydrogen) atoms. The molecule has 0 saturated heterocycles. The molecule has 0 aromatic heterocycles. The van der Waals surface area contributed by atoms with Crippen molar-refractivity contribution in [1.29, 1.82) is 0 Å². The minimum absolute atomic E-state index is 0.0996. The molecule has 3 nitrogen and oxygen atoms in total. The first-order valence-corrected chi connectivity index (χ1v) is 7.95. The Morgan fingerprint density at radius 1 is 1.33 bits per heavy atom. The third kappa shape index (κ3) is 5.16. The van der Waals surface area contributed by atoms with E-state index in [-0.39, 0.29) is 5.78 Å². The molecule has 0 saturated carbocycles. The van der Waals surface area contributed by atoms with Crippen molar-refractivity contribution in [3.05, 3.63) is 29.3 Å². The Morgan fingerprint density at radius 3 is 2.57 bits per heavy atom. The maximum Gasteiger partial charge on any atom is 0.159 e. The largest absolute Gasteiger partial charge is 0.496 e. The normalized spacial score (nSPS) is 12.5. The number of hydrogen-bond acceptors (Lipinski definition) is 3. The van der Waals surface area contributed by atoms with Gasteiger partial charge < -0.3 is 4.74 Å². The van der Waals surface area contributed by atoms with Crippen molar-refractivity contribution >= 4 is 5.78 Å². The minimum atomic E-state index is 0.0996. The first-order chi connectivity index (χ1) is 10.0. The average Bonchev–Trinajstić information content (AvgIpc) is 2.50. The number of unbranched alkanes of at least 4 members (excludes halogenated alkanes) is 1. The Morgan fingerprint density at radius 2 is 2.05 bits per heavy atom. The zero-order valence-corrected chi connectivity index (χ0v) is 14.1. The van der Waals surface area contributed by atoms with Crippen LogP contribution in [0, 0.1) is 0 Å². The van der Waals surface area contributed by atoms with Gasteiger partial charge in [0.15, 0.2) is 5.78 Å². The molecule has 1 aromatic carbocycles. The third-order valence-corrected chi connectivity index (χ3v) is 4.07. The number of benzene rings is 1. The van der Waals surface area contributed by atoms with Gasteiger partial charge in [0.25, 0.3) is 0 Å². The molecule has 0 aliphatic rings. The molecule has 0 N–H and O–H groups in total. The number of rotatable bonds is 9. The van der Waals surface area contributed by atoms with E-state index in [1.54, 1.807) is 14.0 Å². The van der Waals surface area contributed by atoms with Crippen LogP contribution in [0.1, 0.15) is 62.9 Å². The van der Waals surface area contributed by atoms with Crippen LogP contribution in [-0.4, -0.2) is 30.4 Å². The van der Waals surface area contributed by atoms with Crippen LogP contribution in [0.5, 0.6) is 5.75 Å². The van der Waals surface area contributed by atoms with E-state index >= 15 is 0 Å². The van der Waals surface area contributed by atoms with E-state index in [0.29, 0.717) is 6.04 Å². The maximum atomic E-state index is 11.6. The van der Waals surface area contributed by atoms with Crippen LogP contribution in [-0.2, 0) is 6.54 Å². The number of carbonyl (C=O) groups is 1. The molecule has 0 aliphatic carbocycles. The molecule has 0 radical (unpaired) electrons. The Bertz CT molecular complexity index is 457. The molecule has 118 valence electrons. The number of Topliss-reactive ketones (excluding diaryl/α,β-unsaturated/α-hetero) is 1. The van der Waals surface area contributed by atoms with Gasteiger partial charge in [-0.1, -0.05) is 20.3 Å². The predicted octanol–water partition coefficient (Wildman–Crippen LogP) is 4.30. The fourth-order valence-corrected chi connectivity index (χ4v) is 2.41. The molecule has 0 aliphatic heterocycles. The van der Waals surface area contributed by atoms with Crippen LogP contribution in [0.4, 0.5) is 0 Å². The van der Waals surface area contributed by atoms with Gasteiger partial charge in [-0.05, 0) is 51.4 Å². The highest BCUT2D eigenvalue weighted by Crippen LogP contribution is 2.23. The summed E-state index contributed by atoms with van der Waals surface area (Å²) in [5.74, 6) is 0.965. The average molecular weight is 291 g/mol. The first-order valence-electron chi connectivity index (χ1n) is 7.95. The van der Waals surface area contributed by atoms with Gasteiger partial charge in [-0.15, -0.1) is 0 Å². The predicted molar refractivity (Wildman–Crippen MR) is 88.1 cm³/mol. The van der Waals surface area contributed by atoms with E-state index in [2.05, 4.69) is 25.7 Å². The quantitative estimate of drug-likeness (QED) is 0.635. The summed E-state index contributed by atoms with van der Waals surface area (Å²) in [6, 6.07) is 6.25. The molecule has 1 rings (SSSR count). The Kier molecular flexibility index (Phi) is 7.44. The summed E-state index contributed by atoms with van der Waals surface area (Å²) in [6.45, 7) is 10.2. The number of carbonyl (C=O) groups excluding carboxylic acids is 1. The molecule has 3 heteroatoms. The Balaban J connectivity index is 2.99. The highest BCUT2D eigenvalue weighted by molar-refractivity contribution is 5.94. The summed E-state index contributed by atoms with van der Waals surface area (Å²) in [6.07, 6.45) is 3.51. The lowest BCUT2D eigenvalue weighted by Crippen LogP contribution is -2.33. The summed E-state index contributed by atoms with van der Waals surface area (Å²) in [5.41, 5.74) is 1.85. The molecule has 1 atom stereocenters. The van der Waals surface area contributed by atoms with Crippen LogP contribution in [0.15, 0.2) is 18.2 Å². The number of ketones is 1. The van der Waals surface area contributed by atoms with Crippen molar-refractivity contribution in [2.75, 3.05) is 13.7 Å². The fraction of sp³-hybridized carbons (Fsp3) is 0.611. The number of methoxy groups -OCH3 is 1. The van der Waals surface area contributed by atoms with Crippen LogP contribution >= 0.6 is 0 Å². The van der Waals surface area contributed by atoms with Gasteiger partial charge in [0, 0.05) is 23.7 Å². The third-order valence-electron chi connectivity index (χ3n) is 4.07. The second-order valence-corrected chi connectivity index (χ2v) is 5.66. The van der Waals surface area contributed by atoms with Gasteiger partial charge in [0.05, 0.1) is 7.11 Å². The van der Waals surface area contributed by atoms with Crippen molar-refractivity contribution in [1.82, 2.24) is 4.90 Å². The summed E-state index contributed by atoms with van der Waals surface area (Å²) >= 11 is 0. The second kappa shape index (κ2) is 8.83. The molecule has 0 spiro atoms. The smallest absolute Gasteiger partial charge is 0.159 e. The Hall–Kier alpha value is -1.35. The van der Waals surface area contributed by atoms with Crippen molar-refractivity contribution in [2.24, 2.45) is 0 Å². The van der Waals surface area contributed by atoms with E-state index in [9.17, 15) is 4.79 Å². The number of hydrogen-bond donors (Lipinski definition) is 0. The van der Waals surface area contributed by atoms with E-state index in [1.807, 2.05) is 18.2 Å². The van der Waals surface area contributed by atoms with Crippen molar-refractivity contribution in [3.63, 3.8) is 0 Å². The van der Waals surface area contributed by atoms with E-state index < -0.39 is 0 Å². The molecule has 1 aromatic rings. The molecule has 0 bridgehead atoms. The molecular formula is C18H29NO2. The highest BCUT2D eigenvalue weighted by Gasteiger charge is 2.15. The van der Waals surface area contributed by atoms with E-state index in [0.717, 1.165) is 36.4 Å². The van der Waals surface area contributed by atoms with Gasteiger partial charge in [0.2, 0.25) is 0 Å². The lowest BCUT2D eigenvalue weighted by molar-refractivity contribution is 0.101. The first kappa shape index (κ1) is 17.7. The number of ether oxygens (including phenoxy) is 1. The van der Waals surface area contributed by atoms with Crippen molar-refractivity contribution < 1.29 is 9.53 Å². The monoisotopic (exact) mass is 291 g/mol. The van der Waals surface area contributed by atoms with Crippen LogP contribution in [0.3, 0.4) is 0 Å². The van der Waals surface area contributed by atoms with Gasteiger partial charge in [0.1, 0.15) is 5.75 Å². The maximum absolute atomic E-state index is 11.6. The lowest BCUT2D eigenvalue weighted by atomic mass is 10.0.